The van der Waals surface area contributed by atoms with Crippen molar-refractivity contribution < 1.29 is 23.9 Å². The highest BCUT2D eigenvalue weighted by molar-refractivity contribution is 5.95. The SMILES string of the molecule is CC(C)(C)OC(=O)CC(C(=O)N1CCOC1=O)C1CCC1. The molecule has 0 N–H and O–H groups in total. The number of cyclic esters (lactones) is 1. The van der Waals surface area contributed by atoms with Crippen LogP contribution in [0, 0.1) is 11.8 Å². The molecule has 0 aromatic carbocycles. The fourth-order valence-corrected chi connectivity index (χ4v) is 2.65. The van der Waals surface area contributed by atoms with Gasteiger partial charge in [-0.3, -0.25) is 9.59 Å². The Morgan fingerprint density at radius 3 is 2.48 bits per heavy atom. The van der Waals surface area contributed by atoms with Gasteiger partial charge in [-0.2, -0.15) is 0 Å². The molecule has 1 unspecified atom stereocenters. The van der Waals surface area contributed by atoms with Crippen LogP contribution in [0.5, 0.6) is 0 Å². The summed E-state index contributed by atoms with van der Waals surface area (Å²) in [4.78, 5) is 37.2. The summed E-state index contributed by atoms with van der Waals surface area (Å²) in [5.41, 5.74) is -0.573. The first-order valence-corrected chi connectivity index (χ1v) is 7.48. The number of carbonyl (C=O) groups is 3. The molecule has 0 spiro atoms. The predicted molar refractivity (Wildman–Crippen MR) is 74.4 cm³/mol. The maximum atomic E-state index is 12.5. The van der Waals surface area contributed by atoms with Crippen molar-refractivity contribution in [2.75, 3.05) is 13.2 Å². The minimum absolute atomic E-state index is 0.0323. The molecule has 2 amide bonds. The molecule has 2 aliphatic rings. The Bertz CT molecular complexity index is 436. The number of ether oxygens (including phenoxy) is 2. The Balaban J connectivity index is 2.02. The Labute approximate surface area is 124 Å². The fraction of sp³-hybridized carbons (Fsp3) is 0.800. The van der Waals surface area contributed by atoms with Crippen LogP contribution < -0.4 is 0 Å². The molecular formula is C15H23NO5. The first-order valence-electron chi connectivity index (χ1n) is 7.48. The zero-order valence-electron chi connectivity index (χ0n) is 12.9. The van der Waals surface area contributed by atoms with Gasteiger partial charge in [-0.15, -0.1) is 0 Å². The summed E-state index contributed by atoms with van der Waals surface area (Å²) in [6, 6.07) is 0. The van der Waals surface area contributed by atoms with E-state index in [1.807, 2.05) is 0 Å². The highest BCUT2D eigenvalue weighted by Crippen LogP contribution is 2.37. The Kier molecular flexibility index (Phi) is 4.54. The van der Waals surface area contributed by atoms with Crippen LogP contribution in [0.3, 0.4) is 0 Å². The summed E-state index contributed by atoms with van der Waals surface area (Å²) >= 11 is 0. The lowest BCUT2D eigenvalue weighted by atomic mass is 9.74. The number of carbonyl (C=O) groups excluding carboxylic acids is 3. The highest BCUT2D eigenvalue weighted by Gasteiger charge is 2.41. The lowest BCUT2D eigenvalue weighted by Crippen LogP contribution is -2.42. The van der Waals surface area contributed by atoms with Gasteiger partial charge in [0.15, 0.2) is 0 Å². The molecule has 6 heteroatoms. The second kappa shape index (κ2) is 6.03. The summed E-state index contributed by atoms with van der Waals surface area (Å²) in [6.45, 7) is 5.89. The predicted octanol–water partition coefficient (Wildman–Crippen LogP) is 2.11. The van der Waals surface area contributed by atoms with Crippen molar-refractivity contribution in [3.63, 3.8) is 0 Å². The number of hydrogen-bond donors (Lipinski definition) is 0. The summed E-state index contributed by atoms with van der Waals surface area (Å²) in [5, 5.41) is 0. The van der Waals surface area contributed by atoms with Gasteiger partial charge in [-0.25, -0.2) is 9.69 Å². The monoisotopic (exact) mass is 297 g/mol. The minimum atomic E-state index is -0.603. The van der Waals surface area contributed by atoms with E-state index in [-0.39, 0.29) is 37.4 Å². The van der Waals surface area contributed by atoms with Crippen LogP contribution in [0.2, 0.25) is 0 Å². The van der Waals surface area contributed by atoms with Gasteiger partial charge < -0.3 is 9.47 Å². The fourth-order valence-electron chi connectivity index (χ4n) is 2.65. The molecule has 0 aromatic rings. The molecule has 1 heterocycles. The first kappa shape index (κ1) is 15.8. The molecule has 21 heavy (non-hydrogen) atoms. The van der Waals surface area contributed by atoms with E-state index in [9.17, 15) is 14.4 Å². The van der Waals surface area contributed by atoms with Crippen LogP contribution in [0.1, 0.15) is 46.5 Å². The Morgan fingerprint density at radius 1 is 1.38 bits per heavy atom. The molecule has 0 aromatic heterocycles. The number of hydrogen-bond acceptors (Lipinski definition) is 5. The number of esters is 1. The van der Waals surface area contributed by atoms with Crippen LogP contribution in [0.25, 0.3) is 0 Å². The van der Waals surface area contributed by atoms with Crippen molar-refractivity contribution in [2.45, 2.75) is 52.1 Å². The topological polar surface area (TPSA) is 72.9 Å². The highest BCUT2D eigenvalue weighted by atomic mass is 16.6. The maximum Gasteiger partial charge on any atom is 0.416 e. The molecule has 1 aliphatic carbocycles. The maximum absolute atomic E-state index is 12.5. The molecular weight excluding hydrogens is 274 g/mol. The lowest BCUT2D eigenvalue weighted by molar-refractivity contribution is -0.159. The molecule has 1 saturated carbocycles. The normalized spacial score (nSPS) is 20.7. The zero-order valence-corrected chi connectivity index (χ0v) is 12.9. The third-order valence-corrected chi connectivity index (χ3v) is 3.87. The molecule has 0 bridgehead atoms. The van der Waals surface area contributed by atoms with Crippen molar-refractivity contribution >= 4 is 18.0 Å². The Hall–Kier alpha value is -1.59. The van der Waals surface area contributed by atoms with Crippen LogP contribution in [0.4, 0.5) is 4.79 Å². The summed E-state index contributed by atoms with van der Waals surface area (Å²) < 4.78 is 10.1. The van der Waals surface area contributed by atoms with Gasteiger partial charge >= 0.3 is 12.1 Å². The summed E-state index contributed by atoms with van der Waals surface area (Å²) in [7, 11) is 0. The minimum Gasteiger partial charge on any atom is -0.460 e. The number of imide groups is 1. The van der Waals surface area contributed by atoms with Crippen LogP contribution >= 0.6 is 0 Å². The van der Waals surface area contributed by atoms with Gasteiger partial charge in [0.05, 0.1) is 18.9 Å². The van der Waals surface area contributed by atoms with Gasteiger partial charge in [-0.1, -0.05) is 6.42 Å². The lowest BCUT2D eigenvalue weighted by Gasteiger charge is -2.34. The quantitative estimate of drug-likeness (QED) is 0.743. The summed E-state index contributed by atoms with van der Waals surface area (Å²) in [5.74, 6) is -0.994. The average molecular weight is 297 g/mol. The molecule has 6 nitrogen and oxygen atoms in total. The van der Waals surface area contributed by atoms with Gasteiger partial charge in [0.2, 0.25) is 5.91 Å². The third-order valence-electron chi connectivity index (χ3n) is 3.87. The van der Waals surface area contributed by atoms with Crippen LogP contribution in [-0.4, -0.2) is 41.6 Å². The third kappa shape index (κ3) is 3.95. The zero-order chi connectivity index (χ0) is 15.6. The first-order chi connectivity index (χ1) is 9.78. The van der Waals surface area contributed by atoms with Crippen LogP contribution in [0.15, 0.2) is 0 Å². The Morgan fingerprint density at radius 2 is 2.05 bits per heavy atom. The van der Waals surface area contributed by atoms with Crippen LogP contribution in [-0.2, 0) is 19.1 Å². The van der Waals surface area contributed by atoms with E-state index in [0.29, 0.717) is 0 Å². The second-order valence-corrected chi connectivity index (χ2v) is 6.69. The van der Waals surface area contributed by atoms with E-state index >= 15 is 0 Å². The second-order valence-electron chi connectivity index (χ2n) is 6.69. The standard InChI is InChI=1S/C15H23NO5/c1-15(2,3)21-12(17)9-11(10-5-4-6-10)13(18)16-7-8-20-14(16)19/h10-11H,4-9H2,1-3H3. The van der Waals surface area contributed by atoms with E-state index in [1.165, 1.54) is 0 Å². The van der Waals surface area contributed by atoms with Crippen molar-refractivity contribution in [2.24, 2.45) is 11.8 Å². The van der Waals surface area contributed by atoms with Crippen molar-refractivity contribution in [3.05, 3.63) is 0 Å². The molecule has 2 rings (SSSR count). The van der Waals surface area contributed by atoms with E-state index < -0.39 is 17.6 Å². The van der Waals surface area contributed by atoms with E-state index in [2.05, 4.69) is 0 Å². The number of rotatable bonds is 4. The summed E-state index contributed by atoms with van der Waals surface area (Å²) in [6.07, 6.45) is 2.33. The molecule has 1 aliphatic heterocycles. The molecule has 1 atom stereocenters. The van der Waals surface area contributed by atoms with Gasteiger partial charge in [0, 0.05) is 0 Å². The van der Waals surface area contributed by atoms with Crippen molar-refractivity contribution in [1.82, 2.24) is 4.90 Å². The van der Waals surface area contributed by atoms with Crippen molar-refractivity contribution in [1.29, 1.82) is 0 Å². The number of amides is 2. The average Bonchev–Trinajstić information content (AvgIpc) is 2.68. The van der Waals surface area contributed by atoms with Gasteiger partial charge in [-0.05, 0) is 39.5 Å². The van der Waals surface area contributed by atoms with E-state index in [0.717, 1.165) is 24.2 Å². The molecule has 1 saturated heterocycles. The van der Waals surface area contributed by atoms with Gasteiger partial charge in [0.1, 0.15) is 12.2 Å². The van der Waals surface area contributed by atoms with Gasteiger partial charge in [0.25, 0.3) is 0 Å². The number of nitrogens with zero attached hydrogens (tertiary/aromatic N) is 1. The smallest absolute Gasteiger partial charge is 0.416 e. The molecule has 118 valence electrons. The molecule has 0 radical (unpaired) electrons. The van der Waals surface area contributed by atoms with E-state index in [1.54, 1.807) is 20.8 Å². The van der Waals surface area contributed by atoms with Crippen molar-refractivity contribution in [3.8, 4) is 0 Å². The molecule has 2 fully saturated rings. The van der Waals surface area contributed by atoms with E-state index in [4.69, 9.17) is 9.47 Å². The largest absolute Gasteiger partial charge is 0.460 e.